The van der Waals surface area contributed by atoms with Gasteiger partial charge in [-0.1, -0.05) is 12.1 Å². The highest BCUT2D eigenvalue weighted by atomic mass is 16.5. The van der Waals surface area contributed by atoms with Gasteiger partial charge in [0.15, 0.2) is 5.82 Å². The van der Waals surface area contributed by atoms with Gasteiger partial charge >= 0.3 is 0 Å². The average Bonchev–Trinajstić information content (AvgIpc) is 3.24. The Balaban J connectivity index is 1.51. The van der Waals surface area contributed by atoms with E-state index in [9.17, 15) is 4.79 Å². The lowest BCUT2D eigenvalue weighted by atomic mass is 10.1. The molecule has 6 heteroatoms. The lowest BCUT2D eigenvalue weighted by Crippen LogP contribution is -2.34. The molecule has 0 spiro atoms. The number of nitrogens with one attached hydrogen (secondary N) is 1. The predicted molar refractivity (Wildman–Crippen MR) is 91.6 cm³/mol. The topological polar surface area (TPSA) is 71.3 Å². The lowest BCUT2D eigenvalue weighted by Gasteiger charge is -2.20. The molecule has 1 saturated heterocycles. The van der Waals surface area contributed by atoms with Crippen molar-refractivity contribution in [3.05, 3.63) is 35.7 Å². The zero-order valence-electron chi connectivity index (χ0n) is 14.3. The summed E-state index contributed by atoms with van der Waals surface area (Å²) in [5.41, 5.74) is 1.46. The van der Waals surface area contributed by atoms with Crippen LogP contribution in [-0.2, 0) is 0 Å². The summed E-state index contributed by atoms with van der Waals surface area (Å²) in [6.45, 7) is 8.08. The normalized spacial score (nSPS) is 16.2. The molecule has 0 radical (unpaired) electrons. The molecule has 1 aromatic carbocycles. The maximum absolute atomic E-state index is 12.3. The van der Waals surface area contributed by atoms with Crippen molar-refractivity contribution in [3.63, 3.8) is 0 Å². The van der Waals surface area contributed by atoms with Crippen LogP contribution in [0.4, 0.5) is 0 Å². The van der Waals surface area contributed by atoms with Crippen molar-refractivity contribution in [2.75, 3.05) is 26.2 Å². The standard InChI is InChI=1S/C18H24N4O2/c1-13(12-22-9-3-4-10-22)11-19-17(23)15-5-7-16(8-6-15)18-20-14(2)21-24-18/h5-8,13H,3-4,9-12H2,1-2H3,(H,19,23). The minimum atomic E-state index is -0.0449. The van der Waals surface area contributed by atoms with Gasteiger partial charge in [-0.3, -0.25) is 4.79 Å². The van der Waals surface area contributed by atoms with Crippen LogP contribution in [0.3, 0.4) is 0 Å². The molecule has 1 aromatic heterocycles. The molecule has 6 nitrogen and oxygen atoms in total. The van der Waals surface area contributed by atoms with Gasteiger partial charge in [-0.15, -0.1) is 0 Å². The number of likely N-dealkylation sites (tertiary alicyclic amines) is 1. The van der Waals surface area contributed by atoms with Crippen LogP contribution < -0.4 is 5.32 Å². The largest absolute Gasteiger partial charge is 0.352 e. The predicted octanol–water partition coefficient (Wildman–Crippen LogP) is 2.51. The first-order valence-electron chi connectivity index (χ1n) is 8.53. The van der Waals surface area contributed by atoms with E-state index in [2.05, 4.69) is 27.3 Å². The molecule has 1 atom stereocenters. The zero-order chi connectivity index (χ0) is 16.9. The number of hydrogen-bond acceptors (Lipinski definition) is 5. The fourth-order valence-electron chi connectivity index (χ4n) is 3.02. The molecular formula is C18H24N4O2. The Bertz CT molecular complexity index is 675. The van der Waals surface area contributed by atoms with Gasteiger partial charge in [-0.25, -0.2) is 0 Å². The molecule has 1 N–H and O–H groups in total. The van der Waals surface area contributed by atoms with Crippen molar-refractivity contribution in [2.24, 2.45) is 5.92 Å². The summed E-state index contributed by atoms with van der Waals surface area (Å²) in [6, 6.07) is 7.23. The Morgan fingerprint density at radius 2 is 2.00 bits per heavy atom. The van der Waals surface area contributed by atoms with E-state index in [1.807, 2.05) is 12.1 Å². The molecule has 2 heterocycles. The first-order valence-corrected chi connectivity index (χ1v) is 8.53. The molecule has 3 rings (SSSR count). The van der Waals surface area contributed by atoms with E-state index >= 15 is 0 Å². The third-order valence-corrected chi connectivity index (χ3v) is 4.30. The van der Waals surface area contributed by atoms with Gasteiger partial charge in [-0.2, -0.15) is 4.98 Å². The minimum absolute atomic E-state index is 0.0449. The van der Waals surface area contributed by atoms with E-state index in [0.717, 1.165) is 12.1 Å². The molecule has 0 saturated carbocycles. The molecule has 2 aromatic rings. The first-order chi connectivity index (χ1) is 11.6. The second-order valence-electron chi connectivity index (χ2n) is 6.55. The Hall–Kier alpha value is -2.21. The zero-order valence-corrected chi connectivity index (χ0v) is 14.3. The lowest BCUT2D eigenvalue weighted by molar-refractivity contribution is 0.0945. The number of hydrogen-bond donors (Lipinski definition) is 1. The molecule has 1 amide bonds. The van der Waals surface area contributed by atoms with Crippen LogP contribution in [0.2, 0.25) is 0 Å². The summed E-state index contributed by atoms with van der Waals surface area (Å²) in [5, 5.41) is 6.79. The monoisotopic (exact) mass is 328 g/mol. The Labute approximate surface area is 142 Å². The van der Waals surface area contributed by atoms with Gasteiger partial charge < -0.3 is 14.7 Å². The summed E-state index contributed by atoms with van der Waals surface area (Å²) in [5.74, 6) is 1.47. The summed E-state index contributed by atoms with van der Waals surface area (Å²) >= 11 is 0. The van der Waals surface area contributed by atoms with E-state index in [1.165, 1.54) is 25.9 Å². The summed E-state index contributed by atoms with van der Waals surface area (Å²) in [4.78, 5) is 18.9. The number of carbonyl (C=O) groups excluding carboxylic acids is 1. The third kappa shape index (κ3) is 4.20. The van der Waals surface area contributed by atoms with Crippen LogP contribution in [0.25, 0.3) is 11.5 Å². The molecule has 0 aliphatic carbocycles. The Morgan fingerprint density at radius 3 is 2.62 bits per heavy atom. The molecule has 1 aliphatic heterocycles. The number of aromatic nitrogens is 2. The molecule has 0 bridgehead atoms. The molecule has 1 fully saturated rings. The van der Waals surface area contributed by atoms with Crippen molar-refractivity contribution in [1.82, 2.24) is 20.4 Å². The fourth-order valence-corrected chi connectivity index (χ4v) is 3.02. The highest BCUT2D eigenvalue weighted by Gasteiger charge is 2.15. The van der Waals surface area contributed by atoms with Crippen LogP contribution in [0.5, 0.6) is 0 Å². The van der Waals surface area contributed by atoms with Gasteiger partial charge in [0, 0.05) is 24.2 Å². The number of aryl methyl sites for hydroxylation is 1. The summed E-state index contributed by atoms with van der Waals surface area (Å²) in [7, 11) is 0. The number of benzene rings is 1. The smallest absolute Gasteiger partial charge is 0.257 e. The maximum Gasteiger partial charge on any atom is 0.257 e. The van der Waals surface area contributed by atoms with Crippen LogP contribution in [0, 0.1) is 12.8 Å². The minimum Gasteiger partial charge on any atom is -0.352 e. The molecular weight excluding hydrogens is 304 g/mol. The molecule has 1 aliphatic rings. The Kier molecular flexibility index (Phi) is 5.25. The fraction of sp³-hybridized carbons (Fsp3) is 0.500. The van der Waals surface area contributed by atoms with Gasteiger partial charge in [0.1, 0.15) is 0 Å². The Morgan fingerprint density at radius 1 is 1.29 bits per heavy atom. The van der Waals surface area contributed by atoms with E-state index in [-0.39, 0.29) is 5.91 Å². The van der Waals surface area contributed by atoms with E-state index in [0.29, 0.717) is 29.7 Å². The quantitative estimate of drug-likeness (QED) is 0.882. The van der Waals surface area contributed by atoms with Crippen molar-refractivity contribution in [2.45, 2.75) is 26.7 Å². The van der Waals surface area contributed by atoms with E-state index < -0.39 is 0 Å². The number of amides is 1. The molecule has 128 valence electrons. The maximum atomic E-state index is 12.3. The van der Waals surface area contributed by atoms with Gasteiger partial charge in [0.2, 0.25) is 0 Å². The van der Waals surface area contributed by atoms with Crippen molar-refractivity contribution in [3.8, 4) is 11.5 Å². The van der Waals surface area contributed by atoms with Crippen LogP contribution >= 0.6 is 0 Å². The van der Waals surface area contributed by atoms with Crippen LogP contribution in [0.1, 0.15) is 35.9 Å². The molecule has 1 unspecified atom stereocenters. The average molecular weight is 328 g/mol. The summed E-state index contributed by atoms with van der Waals surface area (Å²) in [6.07, 6.45) is 2.59. The van der Waals surface area contributed by atoms with Crippen molar-refractivity contribution < 1.29 is 9.32 Å². The van der Waals surface area contributed by atoms with Crippen molar-refractivity contribution >= 4 is 5.91 Å². The second kappa shape index (κ2) is 7.57. The SMILES string of the molecule is Cc1noc(-c2ccc(C(=O)NCC(C)CN3CCCC3)cc2)n1. The summed E-state index contributed by atoms with van der Waals surface area (Å²) < 4.78 is 5.13. The molecule has 24 heavy (non-hydrogen) atoms. The highest BCUT2D eigenvalue weighted by Crippen LogP contribution is 2.17. The van der Waals surface area contributed by atoms with Gasteiger partial charge in [-0.05, 0) is 63.0 Å². The number of rotatable bonds is 6. The van der Waals surface area contributed by atoms with E-state index in [1.54, 1.807) is 19.1 Å². The first kappa shape index (κ1) is 16.6. The highest BCUT2D eigenvalue weighted by molar-refractivity contribution is 5.94. The van der Waals surface area contributed by atoms with Crippen LogP contribution in [0.15, 0.2) is 28.8 Å². The van der Waals surface area contributed by atoms with E-state index in [4.69, 9.17) is 4.52 Å². The van der Waals surface area contributed by atoms with Crippen LogP contribution in [-0.4, -0.2) is 47.1 Å². The van der Waals surface area contributed by atoms with Crippen molar-refractivity contribution in [1.29, 1.82) is 0 Å². The number of carbonyl (C=O) groups is 1. The third-order valence-electron chi connectivity index (χ3n) is 4.30. The van der Waals surface area contributed by atoms with Gasteiger partial charge in [0.25, 0.3) is 11.8 Å². The van der Waals surface area contributed by atoms with Gasteiger partial charge in [0.05, 0.1) is 0 Å². The number of nitrogens with zero attached hydrogens (tertiary/aromatic N) is 3. The second-order valence-corrected chi connectivity index (χ2v) is 6.55.